The Labute approximate surface area is 147 Å². The highest BCUT2D eigenvalue weighted by Crippen LogP contribution is 2.30. The molecular weight excluding hydrogens is 330 g/mol. The maximum atomic E-state index is 12.1. The molecule has 7 heteroatoms. The van der Waals surface area contributed by atoms with Crippen molar-refractivity contribution in [2.75, 3.05) is 32.1 Å². The summed E-state index contributed by atoms with van der Waals surface area (Å²) in [5, 5.41) is 9.41. The highest BCUT2D eigenvalue weighted by Gasteiger charge is 2.20. The van der Waals surface area contributed by atoms with Crippen LogP contribution in [0.25, 0.3) is 0 Å². The minimum atomic E-state index is -0.183. The first-order valence-electron chi connectivity index (χ1n) is 8.13. The van der Waals surface area contributed by atoms with Gasteiger partial charge < -0.3 is 20.7 Å². The second kappa shape index (κ2) is 8.89. The van der Waals surface area contributed by atoms with Crippen LogP contribution in [0.1, 0.15) is 24.8 Å². The molecule has 132 valence electrons. The second-order valence-electron chi connectivity index (χ2n) is 5.93. The van der Waals surface area contributed by atoms with Crippen molar-refractivity contribution in [3.63, 3.8) is 0 Å². The van der Waals surface area contributed by atoms with Gasteiger partial charge in [0.2, 0.25) is 11.8 Å². The predicted molar refractivity (Wildman–Crippen MR) is 94.6 cm³/mol. The van der Waals surface area contributed by atoms with Gasteiger partial charge in [-0.1, -0.05) is 11.6 Å². The van der Waals surface area contributed by atoms with Crippen molar-refractivity contribution in [1.29, 1.82) is 0 Å². The largest absolute Gasteiger partial charge is 0.495 e. The lowest BCUT2D eigenvalue weighted by molar-refractivity contribution is -0.125. The number of amides is 2. The zero-order valence-electron chi connectivity index (χ0n) is 14.1. The predicted octanol–water partition coefficient (Wildman–Crippen LogP) is 2.10. The Bertz CT molecular complexity index is 601. The molecule has 1 heterocycles. The van der Waals surface area contributed by atoms with Crippen molar-refractivity contribution in [2.45, 2.75) is 26.2 Å². The van der Waals surface area contributed by atoms with Crippen LogP contribution in [0.3, 0.4) is 0 Å². The molecule has 2 rings (SSSR count). The number of carbonyl (C=O) groups excluding carboxylic acids is 2. The molecule has 1 fully saturated rings. The molecule has 1 atom stereocenters. The molecule has 1 aromatic carbocycles. The van der Waals surface area contributed by atoms with Crippen molar-refractivity contribution in [2.24, 2.45) is 5.92 Å². The lowest BCUT2D eigenvalue weighted by Crippen LogP contribution is -2.41. The van der Waals surface area contributed by atoms with E-state index in [1.165, 1.54) is 7.11 Å². The van der Waals surface area contributed by atoms with Gasteiger partial charge >= 0.3 is 0 Å². The highest BCUT2D eigenvalue weighted by molar-refractivity contribution is 6.31. The quantitative estimate of drug-likeness (QED) is 0.731. The van der Waals surface area contributed by atoms with E-state index in [4.69, 9.17) is 16.3 Å². The van der Waals surface area contributed by atoms with Gasteiger partial charge in [-0.2, -0.15) is 0 Å². The van der Waals surface area contributed by atoms with E-state index >= 15 is 0 Å². The molecule has 1 unspecified atom stereocenters. The zero-order valence-corrected chi connectivity index (χ0v) is 14.8. The standard InChI is InChI=1S/C17H24ClN3O3/c1-11-8-14(15(24-2)9-13(11)18)21-16(22)5-7-20-17(23)12-4-3-6-19-10-12/h8-9,12,19H,3-7,10H2,1-2H3,(H,20,23)(H,21,22). The Hall–Kier alpha value is -1.79. The number of carbonyl (C=O) groups is 2. The smallest absolute Gasteiger partial charge is 0.226 e. The van der Waals surface area contributed by atoms with E-state index in [2.05, 4.69) is 16.0 Å². The van der Waals surface area contributed by atoms with Crippen LogP contribution in [0.15, 0.2) is 12.1 Å². The first kappa shape index (κ1) is 18.5. The molecule has 0 aromatic heterocycles. The summed E-state index contributed by atoms with van der Waals surface area (Å²) in [4.78, 5) is 24.1. The van der Waals surface area contributed by atoms with Crippen LogP contribution in [-0.2, 0) is 9.59 Å². The molecule has 0 bridgehead atoms. The average Bonchev–Trinajstić information content (AvgIpc) is 2.58. The molecule has 24 heavy (non-hydrogen) atoms. The summed E-state index contributed by atoms with van der Waals surface area (Å²) in [7, 11) is 1.52. The Balaban J connectivity index is 1.81. The van der Waals surface area contributed by atoms with Gasteiger partial charge in [-0.05, 0) is 37.9 Å². The van der Waals surface area contributed by atoms with E-state index in [1.807, 2.05) is 6.92 Å². The maximum Gasteiger partial charge on any atom is 0.226 e. The first-order chi connectivity index (χ1) is 11.5. The lowest BCUT2D eigenvalue weighted by atomic mass is 9.99. The topological polar surface area (TPSA) is 79.5 Å². The molecule has 1 aliphatic rings. The number of methoxy groups -OCH3 is 1. The number of hydrogen-bond donors (Lipinski definition) is 3. The van der Waals surface area contributed by atoms with Crippen LogP contribution < -0.4 is 20.7 Å². The fourth-order valence-corrected chi connectivity index (χ4v) is 2.82. The van der Waals surface area contributed by atoms with Gasteiger partial charge in [-0.25, -0.2) is 0 Å². The van der Waals surface area contributed by atoms with Crippen molar-refractivity contribution < 1.29 is 14.3 Å². The molecule has 0 saturated carbocycles. The highest BCUT2D eigenvalue weighted by atomic mass is 35.5. The minimum Gasteiger partial charge on any atom is -0.495 e. The summed E-state index contributed by atoms with van der Waals surface area (Å²) in [6.07, 6.45) is 2.11. The Morgan fingerprint density at radius 2 is 2.21 bits per heavy atom. The Morgan fingerprint density at radius 3 is 2.88 bits per heavy atom. The molecule has 1 saturated heterocycles. The Morgan fingerprint density at radius 1 is 1.42 bits per heavy atom. The summed E-state index contributed by atoms with van der Waals surface area (Å²) in [5.74, 6) is 0.337. The van der Waals surface area contributed by atoms with E-state index < -0.39 is 0 Å². The van der Waals surface area contributed by atoms with E-state index in [0.29, 0.717) is 29.5 Å². The van der Waals surface area contributed by atoms with E-state index in [9.17, 15) is 9.59 Å². The number of aryl methyl sites for hydroxylation is 1. The number of nitrogens with one attached hydrogen (secondary N) is 3. The van der Waals surface area contributed by atoms with Crippen LogP contribution in [0.5, 0.6) is 5.75 Å². The maximum absolute atomic E-state index is 12.1. The number of halogens is 1. The van der Waals surface area contributed by atoms with Crippen molar-refractivity contribution in [3.05, 3.63) is 22.7 Å². The van der Waals surface area contributed by atoms with Crippen molar-refractivity contribution >= 4 is 29.1 Å². The molecule has 1 aromatic rings. The van der Waals surface area contributed by atoms with Crippen LogP contribution in [0.2, 0.25) is 5.02 Å². The number of hydrogen-bond acceptors (Lipinski definition) is 4. The number of piperidine rings is 1. The van der Waals surface area contributed by atoms with Gasteiger partial charge in [0.05, 0.1) is 18.7 Å². The average molecular weight is 354 g/mol. The summed E-state index contributed by atoms with van der Waals surface area (Å²) >= 11 is 6.05. The third kappa shape index (κ3) is 5.11. The second-order valence-corrected chi connectivity index (χ2v) is 6.34. The van der Waals surface area contributed by atoms with Crippen LogP contribution >= 0.6 is 11.6 Å². The van der Waals surface area contributed by atoms with Gasteiger partial charge in [0, 0.05) is 30.6 Å². The normalized spacial score (nSPS) is 17.2. The van der Waals surface area contributed by atoms with Gasteiger partial charge in [-0.3, -0.25) is 9.59 Å². The molecule has 0 spiro atoms. The summed E-state index contributed by atoms with van der Waals surface area (Å²) in [6.45, 7) is 3.85. The summed E-state index contributed by atoms with van der Waals surface area (Å²) in [5.41, 5.74) is 1.43. The van der Waals surface area contributed by atoms with E-state index in [1.54, 1.807) is 12.1 Å². The van der Waals surface area contributed by atoms with Gasteiger partial charge in [-0.15, -0.1) is 0 Å². The molecular formula is C17H24ClN3O3. The van der Waals surface area contributed by atoms with E-state index in [-0.39, 0.29) is 24.2 Å². The van der Waals surface area contributed by atoms with Gasteiger partial charge in [0.15, 0.2) is 0 Å². The third-order valence-electron chi connectivity index (χ3n) is 4.07. The molecule has 0 aliphatic carbocycles. The molecule has 2 amide bonds. The number of anilines is 1. The summed E-state index contributed by atoms with van der Waals surface area (Å²) in [6, 6.07) is 3.44. The van der Waals surface area contributed by atoms with Gasteiger partial charge in [0.25, 0.3) is 0 Å². The monoisotopic (exact) mass is 353 g/mol. The van der Waals surface area contributed by atoms with Crippen LogP contribution in [0, 0.1) is 12.8 Å². The fraction of sp³-hybridized carbons (Fsp3) is 0.529. The van der Waals surface area contributed by atoms with Gasteiger partial charge in [0.1, 0.15) is 5.75 Å². The summed E-state index contributed by atoms with van der Waals surface area (Å²) < 4.78 is 5.23. The van der Waals surface area contributed by atoms with Crippen molar-refractivity contribution in [1.82, 2.24) is 10.6 Å². The fourth-order valence-electron chi connectivity index (χ4n) is 2.66. The zero-order chi connectivity index (χ0) is 17.5. The number of benzene rings is 1. The molecule has 0 radical (unpaired) electrons. The number of rotatable bonds is 6. The van der Waals surface area contributed by atoms with Crippen molar-refractivity contribution in [3.8, 4) is 5.75 Å². The molecule has 1 aliphatic heterocycles. The van der Waals surface area contributed by atoms with E-state index in [0.717, 1.165) is 24.9 Å². The number of ether oxygens (including phenoxy) is 1. The SMILES string of the molecule is COc1cc(Cl)c(C)cc1NC(=O)CCNC(=O)C1CCCNC1. The Kier molecular flexibility index (Phi) is 6.87. The van der Waals surface area contributed by atoms with Crippen LogP contribution in [0.4, 0.5) is 5.69 Å². The lowest BCUT2D eigenvalue weighted by Gasteiger charge is -2.21. The third-order valence-corrected chi connectivity index (χ3v) is 4.48. The molecule has 3 N–H and O–H groups in total. The first-order valence-corrected chi connectivity index (χ1v) is 8.51. The molecule has 6 nitrogen and oxygen atoms in total. The minimum absolute atomic E-state index is 0.000759. The van der Waals surface area contributed by atoms with Crippen LogP contribution in [-0.4, -0.2) is 38.6 Å².